The number of benzene rings is 2. The van der Waals surface area contributed by atoms with Crippen LogP contribution in [0, 0.1) is 18.8 Å². The minimum atomic E-state index is 0.0157. The summed E-state index contributed by atoms with van der Waals surface area (Å²) in [6.07, 6.45) is 7.45. The van der Waals surface area contributed by atoms with Gasteiger partial charge in [0.05, 0.1) is 16.1 Å². The van der Waals surface area contributed by atoms with Crippen molar-refractivity contribution in [3.05, 3.63) is 77.1 Å². The van der Waals surface area contributed by atoms with Crippen molar-refractivity contribution in [1.82, 2.24) is 9.88 Å². The van der Waals surface area contributed by atoms with E-state index in [0.717, 1.165) is 45.8 Å². The molecule has 0 bridgehead atoms. The number of nitrogens with zero attached hydrogens (tertiary/aromatic N) is 2. The molecule has 3 atom stereocenters. The second-order valence-corrected chi connectivity index (χ2v) is 11.3. The third-order valence-electron chi connectivity index (χ3n) is 7.99. The predicted molar refractivity (Wildman–Crippen MR) is 142 cm³/mol. The quantitative estimate of drug-likeness (QED) is 0.265. The zero-order valence-corrected chi connectivity index (χ0v) is 21.3. The predicted octanol–water partition coefficient (Wildman–Crippen LogP) is 7.16. The number of ketones is 1. The largest absolute Gasteiger partial charge is 0.464 e. The first kappa shape index (κ1) is 23.2. The zero-order valence-electron chi connectivity index (χ0n) is 20.5. The molecule has 1 amide bonds. The summed E-state index contributed by atoms with van der Waals surface area (Å²) in [6.45, 7) is 2.73. The summed E-state index contributed by atoms with van der Waals surface area (Å²) in [5.74, 6) is 1.10. The Morgan fingerprint density at radius 1 is 1.06 bits per heavy atom. The highest BCUT2D eigenvalue weighted by Crippen LogP contribution is 2.43. The average Bonchev–Trinajstić information content (AvgIpc) is 3.64. The fourth-order valence-corrected chi connectivity index (χ4v) is 7.25. The first-order chi connectivity index (χ1) is 17.6. The van der Waals surface area contributed by atoms with Crippen molar-refractivity contribution < 1.29 is 14.0 Å². The summed E-state index contributed by atoms with van der Waals surface area (Å²) < 4.78 is 5.49. The normalized spacial score (nSPS) is 21.6. The highest BCUT2D eigenvalue weighted by atomic mass is 32.1. The Morgan fingerprint density at radius 3 is 2.75 bits per heavy atom. The van der Waals surface area contributed by atoms with Gasteiger partial charge in [-0.3, -0.25) is 9.59 Å². The molecule has 0 spiro atoms. The maximum Gasteiger partial charge on any atom is 0.274 e. The fraction of sp³-hybridized carbons (Fsp3) is 0.367. The summed E-state index contributed by atoms with van der Waals surface area (Å²) in [7, 11) is 0. The minimum Gasteiger partial charge on any atom is -0.464 e. The molecule has 2 aromatic carbocycles. The fourth-order valence-electron chi connectivity index (χ4n) is 6.34. The number of Topliss-reactive ketones (excluding diaryl/α,β-unsaturated/α-hetero) is 1. The molecule has 3 heterocycles. The molecule has 6 rings (SSSR count). The highest BCUT2D eigenvalue weighted by molar-refractivity contribution is 7.15. The van der Waals surface area contributed by atoms with Gasteiger partial charge in [-0.1, -0.05) is 55.3 Å². The maximum atomic E-state index is 14.0. The Kier molecular flexibility index (Phi) is 6.22. The van der Waals surface area contributed by atoms with Crippen LogP contribution in [0.5, 0.6) is 0 Å². The third-order valence-corrected chi connectivity index (χ3v) is 9.01. The Balaban J connectivity index is 1.28. The molecule has 0 radical (unpaired) electrons. The Hall–Kier alpha value is -3.25. The number of rotatable bonds is 6. The Morgan fingerprint density at radius 2 is 1.89 bits per heavy atom. The summed E-state index contributed by atoms with van der Waals surface area (Å²) in [5.41, 5.74) is 3.03. The van der Waals surface area contributed by atoms with E-state index in [1.54, 1.807) is 17.6 Å². The van der Waals surface area contributed by atoms with Gasteiger partial charge in [-0.05, 0) is 55.7 Å². The third kappa shape index (κ3) is 4.17. The monoisotopic (exact) mass is 498 g/mol. The van der Waals surface area contributed by atoms with Gasteiger partial charge in [-0.25, -0.2) is 4.98 Å². The van der Waals surface area contributed by atoms with Crippen LogP contribution in [0.1, 0.15) is 64.4 Å². The summed E-state index contributed by atoms with van der Waals surface area (Å²) in [5, 5.41) is 1.76. The highest BCUT2D eigenvalue weighted by Gasteiger charge is 2.45. The van der Waals surface area contributed by atoms with Crippen molar-refractivity contribution in [2.75, 3.05) is 6.54 Å². The lowest BCUT2D eigenvalue weighted by molar-refractivity contribution is 0.0693. The van der Waals surface area contributed by atoms with Gasteiger partial charge >= 0.3 is 0 Å². The number of likely N-dealkylation sites (tertiary alicyclic amines) is 1. The van der Waals surface area contributed by atoms with Crippen LogP contribution < -0.4 is 0 Å². The molecule has 6 heteroatoms. The lowest BCUT2D eigenvalue weighted by Crippen LogP contribution is -2.38. The summed E-state index contributed by atoms with van der Waals surface area (Å²) in [6, 6.07) is 17.6. The van der Waals surface area contributed by atoms with Crippen LogP contribution in [-0.2, 0) is 0 Å². The van der Waals surface area contributed by atoms with Gasteiger partial charge in [0.1, 0.15) is 11.3 Å². The van der Waals surface area contributed by atoms with Crippen LogP contribution >= 0.6 is 11.3 Å². The number of carbonyl (C=O) groups excluding carboxylic acids is 2. The minimum absolute atomic E-state index is 0.0157. The first-order valence-electron chi connectivity index (χ1n) is 12.9. The molecular formula is C30H30N2O3S. The van der Waals surface area contributed by atoms with Crippen molar-refractivity contribution in [3.8, 4) is 10.4 Å². The van der Waals surface area contributed by atoms with Crippen LogP contribution in [0.3, 0.4) is 0 Å². The molecule has 0 unspecified atom stereocenters. The number of furan rings is 1. The number of thiazole rings is 1. The number of fused-ring (bicyclic) bond motifs is 2. The van der Waals surface area contributed by atoms with E-state index in [2.05, 4.69) is 4.90 Å². The summed E-state index contributed by atoms with van der Waals surface area (Å²) in [4.78, 5) is 35.0. The molecule has 1 saturated carbocycles. The van der Waals surface area contributed by atoms with Crippen LogP contribution in [0.4, 0.5) is 0 Å². The lowest BCUT2D eigenvalue weighted by atomic mass is 9.77. The van der Waals surface area contributed by atoms with Crippen LogP contribution in [0.2, 0.25) is 0 Å². The molecule has 0 N–H and O–H groups in total. The van der Waals surface area contributed by atoms with Gasteiger partial charge in [0.25, 0.3) is 5.91 Å². The summed E-state index contributed by atoms with van der Waals surface area (Å²) >= 11 is 1.58. The van der Waals surface area contributed by atoms with E-state index < -0.39 is 0 Å². The van der Waals surface area contributed by atoms with Crippen molar-refractivity contribution >= 4 is 34.0 Å². The topological polar surface area (TPSA) is 63.4 Å². The van der Waals surface area contributed by atoms with Gasteiger partial charge in [-0.2, -0.15) is 0 Å². The Labute approximate surface area is 215 Å². The second-order valence-electron chi connectivity index (χ2n) is 10.1. The SMILES string of the molecule is Cc1nc(C(=O)N2C[C@@H]3CCCC[C@@H]3[C@H]2CCC(=O)c2cccc3occc23)c(-c2ccccc2)s1. The van der Waals surface area contributed by atoms with Crippen LogP contribution in [-0.4, -0.2) is 34.2 Å². The molecule has 1 aliphatic heterocycles. The molecule has 2 aromatic heterocycles. The lowest BCUT2D eigenvalue weighted by Gasteiger charge is -2.30. The van der Waals surface area contributed by atoms with Crippen molar-refractivity contribution in [2.24, 2.45) is 11.8 Å². The number of hydrogen-bond acceptors (Lipinski definition) is 5. The molecule has 2 fully saturated rings. The van der Waals surface area contributed by atoms with E-state index in [9.17, 15) is 9.59 Å². The average molecular weight is 499 g/mol. The number of amides is 1. The first-order valence-corrected chi connectivity index (χ1v) is 13.7. The number of aromatic nitrogens is 1. The van der Waals surface area contributed by atoms with E-state index >= 15 is 0 Å². The number of carbonyl (C=O) groups is 2. The van der Waals surface area contributed by atoms with E-state index in [1.165, 1.54) is 12.8 Å². The molecule has 5 nitrogen and oxygen atoms in total. The molecule has 1 saturated heterocycles. The molecule has 184 valence electrons. The van der Waals surface area contributed by atoms with Gasteiger partial charge in [0, 0.05) is 30.0 Å². The van der Waals surface area contributed by atoms with Crippen LogP contribution in [0.25, 0.3) is 21.4 Å². The van der Waals surface area contributed by atoms with E-state index in [0.29, 0.717) is 35.9 Å². The van der Waals surface area contributed by atoms with E-state index in [1.807, 2.05) is 61.5 Å². The van der Waals surface area contributed by atoms with Gasteiger partial charge in [-0.15, -0.1) is 11.3 Å². The standard InChI is InChI=1S/C30H30N2O3S/c1-19-31-28(29(36-19)20-8-3-2-4-9-20)30(34)32-18-21-10-5-6-11-22(21)25(32)14-15-26(33)23-12-7-13-27-24(23)16-17-35-27/h2-4,7-9,12-13,16-17,21-22,25H,5-6,10-11,14-15,18H2,1H3/t21-,22-,25+/m0/s1. The second kappa shape index (κ2) is 9.66. The maximum absolute atomic E-state index is 14.0. The smallest absolute Gasteiger partial charge is 0.274 e. The van der Waals surface area contributed by atoms with Gasteiger partial charge < -0.3 is 9.32 Å². The molecule has 1 aliphatic carbocycles. The van der Waals surface area contributed by atoms with Crippen molar-refractivity contribution in [3.63, 3.8) is 0 Å². The molecular weight excluding hydrogens is 468 g/mol. The van der Waals surface area contributed by atoms with Crippen LogP contribution in [0.15, 0.2) is 65.3 Å². The molecule has 4 aromatic rings. The molecule has 2 aliphatic rings. The number of hydrogen-bond donors (Lipinski definition) is 0. The van der Waals surface area contributed by atoms with Crippen molar-refractivity contribution in [1.29, 1.82) is 0 Å². The van der Waals surface area contributed by atoms with Gasteiger partial charge in [0.2, 0.25) is 0 Å². The van der Waals surface area contributed by atoms with E-state index in [4.69, 9.17) is 9.40 Å². The number of aryl methyl sites for hydroxylation is 1. The van der Waals surface area contributed by atoms with Crippen molar-refractivity contribution in [2.45, 2.75) is 51.5 Å². The zero-order chi connectivity index (χ0) is 24.6. The molecule has 36 heavy (non-hydrogen) atoms. The van der Waals surface area contributed by atoms with Gasteiger partial charge in [0.15, 0.2) is 5.78 Å². The van der Waals surface area contributed by atoms with E-state index in [-0.39, 0.29) is 17.7 Å². The Bertz CT molecular complexity index is 1410.